The third-order valence-corrected chi connectivity index (χ3v) is 1.84. The molecule has 1 amide bonds. The van der Waals surface area contributed by atoms with Crippen LogP contribution < -0.4 is 10.1 Å². The Bertz CT molecular complexity index is 339. The van der Waals surface area contributed by atoms with Gasteiger partial charge in [0.25, 0.3) is 0 Å². The maximum absolute atomic E-state index is 13.1. The Kier molecular flexibility index (Phi) is 4.17. The molecule has 2 N–H and O–H groups in total. The molecule has 0 bridgehead atoms. The fraction of sp³-hybridized carbons (Fsp3) is 0.222. The fourth-order valence-corrected chi connectivity index (χ4v) is 1.15. The number of hydrogen-bond acceptors (Lipinski definition) is 2. The molecule has 0 heterocycles. The van der Waals surface area contributed by atoms with E-state index in [0.717, 1.165) is 0 Å². The van der Waals surface area contributed by atoms with Crippen LogP contribution >= 0.6 is 11.6 Å². The third-order valence-electron chi connectivity index (χ3n) is 1.54. The summed E-state index contributed by atoms with van der Waals surface area (Å²) in [6, 6.07) is 4.16. The molecular weight excluding hydrogens is 225 g/mol. The lowest BCUT2D eigenvalue weighted by molar-refractivity contribution is 0.191. The predicted octanol–water partition coefficient (Wildman–Crippen LogP) is 2.13. The summed E-state index contributed by atoms with van der Waals surface area (Å²) in [5.74, 6) is -0.635. The van der Waals surface area contributed by atoms with Gasteiger partial charge in [-0.05, 0) is 12.1 Å². The van der Waals surface area contributed by atoms with E-state index < -0.39 is 11.9 Å². The van der Waals surface area contributed by atoms with E-state index in [1.165, 1.54) is 18.2 Å². The van der Waals surface area contributed by atoms with Crippen molar-refractivity contribution in [1.82, 2.24) is 5.32 Å². The van der Waals surface area contributed by atoms with Crippen LogP contribution in [0.5, 0.6) is 5.75 Å². The molecule has 0 fully saturated rings. The van der Waals surface area contributed by atoms with E-state index in [1.54, 1.807) is 0 Å². The van der Waals surface area contributed by atoms with Gasteiger partial charge in [0.2, 0.25) is 0 Å². The molecule has 0 unspecified atom stereocenters. The smallest absolute Gasteiger partial charge is 0.404 e. The van der Waals surface area contributed by atoms with Crippen molar-refractivity contribution in [1.29, 1.82) is 0 Å². The van der Waals surface area contributed by atoms with E-state index >= 15 is 0 Å². The molecule has 0 aliphatic rings. The van der Waals surface area contributed by atoms with Gasteiger partial charge in [0.1, 0.15) is 6.61 Å². The Labute approximate surface area is 90.6 Å². The number of carboxylic acid groups (broad SMARTS) is 1. The lowest BCUT2D eigenvalue weighted by atomic mass is 10.3. The molecule has 0 radical (unpaired) electrons. The summed E-state index contributed by atoms with van der Waals surface area (Å²) in [6.45, 7) is 0.0902. The summed E-state index contributed by atoms with van der Waals surface area (Å²) in [6.07, 6.45) is -1.15. The van der Waals surface area contributed by atoms with E-state index in [0.29, 0.717) is 0 Å². The van der Waals surface area contributed by atoms with Crippen molar-refractivity contribution in [3.05, 3.63) is 29.0 Å². The summed E-state index contributed by atoms with van der Waals surface area (Å²) in [5, 5.41) is 10.5. The summed E-state index contributed by atoms with van der Waals surface area (Å²) < 4.78 is 18.1. The van der Waals surface area contributed by atoms with E-state index in [4.69, 9.17) is 21.4 Å². The van der Waals surface area contributed by atoms with E-state index in [2.05, 4.69) is 5.32 Å². The van der Waals surface area contributed by atoms with Crippen LogP contribution in [0.15, 0.2) is 18.2 Å². The van der Waals surface area contributed by atoms with Gasteiger partial charge >= 0.3 is 6.09 Å². The number of benzene rings is 1. The zero-order valence-electron chi connectivity index (χ0n) is 7.67. The summed E-state index contributed by atoms with van der Waals surface area (Å²) in [7, 11) is 0. The highest BCUT2D eigenvalue weighted by molar-refractivity contribution is 6.32. The van der Waals surface area contributed by atoms with Crippen LogP contribution in [0.2, 0.25) is 5.02 Å². The molecule has 0 saturated heterocycles. The average Bonchev–Trinajstić information content (AvgIpc) is 2.15. The molecule has 1 rings (SSSR count). The molecule has 0 saturated carbocycles. The van der Waals surface area contributed by atoms with E-state index in [-0.39, 0.29) is 23.9 Å². The monoisotopic (exact) mass is 233 g/mol. The van der Waals surface area contributed by atoms with Gasteiger partial charge < -0.3 is 15.2 Å². The number of rotatable bonds is 4. The Morgan fingerprint density at radius 3 is 2.93 bits per heavy atom. The van der Waals surface area contributed by atoms with Gasteiger partial charge in [-0.25, -0.2) is 9.18 Å². The largest absolute Gasteiger partial charge is 0.487 e. The minimum Gasteiger partial charge on any atom is -0.487 e. The molecule has 0 aliphatic carbocycles. The van der Waals surface area contributed by atoms with Gasteiger partial charge in [0.05, 0.1) is 11.6 Å². The topological polar surface area (TPSA) is 58.6 Å². The highest BCUT2D eigenvalue weighted by Crippen LogP contribution is 2.26. The first kappa shape index (κ1) is 11.6. The molecule has 1 aromatic carbocycles. The van der Waals surface area contributed by atoms with Gasteiger partial charge in [0, 0.05) is 0 Å². The van der Waals surface area contributed by atoms with Crippen LogP contribution in [-0.4, -0.2) is 24.4 Å². The molecule has 15 heavy (non-hydrogen) atoms. The van der Waals surface area contributed by atoms with Gasteiger partial charge in [-0.3, -0.25) is 0 Å². The zero-order chi connectivity index (χ0) is 11.3. The molecule has 1 aromatic rings. The minimum atomic E-state index is -1.15. The molecule has 0 aromatic heterocycles. The zero-order valence-corrected chi connectivity index (χ0v) is 8.42. The number of amides is 1. The Morgan fingerprint density at radius 2 is 2.33 bits per heavy atom. The van der Waals surface area contributed by atoms with E-state index in [9.17, 15) is 9.18 Å². The molecular formula is C9H9ClFNO3. The second-order valence-corrected chi connectivity index (χ2v) is 3.04. The first-order chi connectivity index (χ1) is 7.11. The van der Waals surface area contributed by atoms with Crippen molar-refractivity contribution in [3.8, 4) is 5.75 Å². The molecule has 0 atom stereocenters. The minimum absolute atomic E-state index is 0.0208. The standard InChI is InChI=1S/C9H9ClFNO3/c10-6-2-1-3-7(11)8(6)15-5-4-12-9(13)14/h1-3,12H,4-5H2,(H,13,14). The number of carbonyl (C=O) groups is 1. The normalized spacial score (nSPS) is 9.73. The van der Waals surface area contributed by atoms with Gasteiger partial charge in [-0.15, -0.1) is 0 Å². The van der Waals surface area contributed by atoms with Crippen LogP contribution in [0, 0.1) is 5.82 Å². The highest BCUT2D eigenvalue weighted by Gasteiger charge is 2.07. The molecule has 4 nitrogen and oxygen atoms in total. The van der Waals surface area contributed by atoms with Crippen molar-refractivity contribution in [2.24, 2.45) is 0 Å². The second kappa shape index (κ2) is 5.41. The number of ether oxygens (including phenoxy) is 1. The van der Waals surface area contributed by atoms with Crippen molar-refractivity contribution in [2.45, 2.75) is 0 Å². The van der Waals surface area contributed by atoms with Crippen LogP contribution in [0.3, 0.4) is 0 Å². The van der Waals surface area contributed by atoms with Gasteiger partial charge in [-0.2, -0.15) is 0 Å². The molecule has 82 valence electrons. The highest BCUT2D eigenvalue weighted by atomic mass is 35.5. The van der Waals surface area contributed by atoms with Crippen molar-refractivity contribution in [3.63, 3.8) is 0 Å². The van der Waals surface area contributed by atoms with E-state index in [1.807, 2.05) is 0 Å². The van der Waals surface area contributed by atoms with Crippen molar-refractivity contribution >= 4 is 17.7 Å². The lowest BCUT2D eigenvalue weighted by Crippen LogP contribution is -2.26. The summed E-state index contributed by atoms with van der Waals surface area (Å²) in [5.41, 5.74) is 0. The molecule has 0 aliphatic heterocycles. The first-order valence-electron chi connectivity index (χ1n) is 4.15. The van der Waals surface area contributed by atoms with Gasteiger partial charge in [0.15, 0.2) is 11.6 Å². The number of nitrogens with one attached hydrogen (secondary N) is 1. The SMILES string of the molecule is O=C(O)NCCOc1c(F)cccc1Cl. The first-order valence-corrected chi connectivity index (χ1v) is 4.52. The molecule has 0 spiro atoms. The van der Waals surface area contributed by atoms with Crippen molar-refractivity contribution in [2.75, 3.05) is 13.2 Å². The number of hydrogen-bond donors (Lipinski definition) is 2. The third kappa shape index (κ3) is 3.63. The van der Waals surface area contributed by atoms with Crippen molar-refractivity contribution < 1.29 is 19.0 Å². The maximum Gasteiger partial charge on any atom is 0.404 e. The van der Waals surface area contributed by atoms with Gasteiger partial charge in [-0.1, -0.05) is 17.7 Å². The lowest BCUT2D eigenvalue weighted by Gasteiger charge is -2.08. The Balaban J connectivity index is 2.47. The number of halogens is 2. The van der Waals surface area contributed by atoms with Crippen LogP contribution in [0.25, 0.3) is 0 Å². The summed E-state index contributed by atoms with van der Waals surface area (Å²) in [4.78, 5) is 10.1. The predicted molar refractivity (Wildman–Crippen MR) is 52.9 cm³/mol. The average molecular weight is 234 g/mol. The van der Waals surface area contributed by atoms with Crippen LogP contribution in [0.1, 0.15) is 0 Å². The summed E-state index contributed by atoms with van der Waals surface area (Å²) >= 11 is 5.67. The second-order valence-electron chi connectivity index (χ2n) is 2.63. The fourth-order valence-electron chi connectivity index (χ4n) is 0.931. The van der Waals surface area contributed by atoms with Crippen LogP contribution in [-0.2, 0) is 0 Å². The quantitative estimate of drug-likeness (QED) is 0.784. The van der Waals surface area contributed by atoms with Crippen LogP contribution in [0.4, 0.5) is 9.18 Å². The Morgan fingerprint density at radius 1 is 1.60 bits per heavy atom. The maximum atomic E-state index is 13.1. The Hall–Kier alpha value is -1.49. The number of para-hydroxylation sites is 1. The molecule has 6 heteroatoms.